The van der Waals surface area contributed by atoms with Crippen LogP contribution in [-0.4, -0.2) is 66.9 Å². The Morgan fingerprint density at radius 1 is 1.09 bits per heavy atom. The van der Waals surface area contributed by atoms with E-state index in [1.165, 1.54) is 7.11 Å². The Morgan fingerprint density at radius 3 is 2.31 bits per heavy atom. The fourth-order valence-electron chi connectivity index (χ4n) is 5.23. The first-order valence-corrected chi connectivity index (χ1v) is 12.0. The number of nitrogens with one attached hydrogen (secondary N) is 1. The van der Waals surface area contributed by atoms with E-state index in [2.05, 4.69) is 17.4 Å². The van der Waals surface area contributed by atoms with Crippen LogP contribution in [0.3, 0.4) is 0 Å². The zero-order chi connectivity index (χ0) is 25.0. The lowest BCUT2D eigenvalue weighted by atomic mass is 9.98. The number of methoxy groups -OCH3 is 1. The van der Waals surface area contributed by atoms with Crippen LogP contribution in [0.15, 0.2) is 48.5 Å². The molecule has 4 rings (SSSR count). The second-order valence-electron chi connectivity index (χ2n) is 9.55. The summed E-state index contributed by atoms with van der Waals surface area (Å²) in [5.74, 6) is -1.04. The molecular weight excluding hydrogens is 448 g/mol. The molecule has 1 fully saturated rings. The summed E-state index contributed by atoms with van der Waals surface area (Å²) < 4.78 is 10.9. The van der Waals surface area contributed by atoms with E-state index in [1.807, 2.05) is 36.4 Å². The number of likely N-dealkylation sites (tertiary alicyclic amines) is 1. The van der Waals surface area contributed by atoms with Gasteiger partial charge < -0.3 is 24.8 Å². The average molecular weight is 481 g/mol. The van der Waals surface area contributed by atoms with Gasteiger partial charge in [0.15, 0.2) is 0 Å². The molecule has 1 aliphatic heterocycles. The minimum Gasteiger partial charge on any atom is -0.481 e. The molecule has 1 heterocycles. The highest BCUT2D eigenvalue weighted by Gasteiger charge is 2.41. The summed E-state index contributed by atoms with van der Waals surface area (Å²) in [7, 11) is 1.48. The molecule has 0 radical (unpaired) electrons. The van der Waals surface area contributed by atoms with Crippen LogP contribution >= 0.6 is 0 Å². The molecule has 0 spiro atoms. The number of carbonyl (C=O) groups is 3. The molecule has 8 nitrogen and oxygen atoms in total. The number of hydrogen-bond acceptors (Lipinski definition) is 5. The van der Waals surface area contributed by atoms with Gasteiger partial charge in [-0.2, -0.15) is 0 Å². The van der Waals surface area contributed by atoms with Crippen molar-refractivity contribution in [2.45, 2.75) is 37.6 Å². The molecule has 2 aliphatic rings. The number of hydrogen-bond donors (Lipinski definition) is 2. The fourth-order valence-corrected chi connectivity index (χ4v) is 5.23. The number of carboxylic acids is 1. The van der Waals surface area contributed by atoms with Gasteiger partial charge in [0.25, 0.3) is 5.91 Å². The van der Waals surface area contributed by atoms with Crippen LogP contribution in [0.2, 0.25) is 0 Å². The van der Waals surface area contributed by atoms with Crippen molar-refractivity contribution < 1.29 is 29.0 Å². The Morgan fingerprint density at radius 2 is 1.71 bits per heavy atom. The zero-order valence-corrected chi connectivity index (χ0v) is 20.2. The molecule has 2 amide bonds. The van der Waals surface area contributed by atoms with E-state index in [-0.39, 0.29) is 37.4 Å². The molecule has 1 aliphatic carbocycles. The van der Waals surface area contributed by atoms with Crippen molar-refractivity contribution in [2.75, 3.05) is 33.4 Å². The maximum Gasteiger partial charge on any atom is 0.408 e. The van der Waals surface area contributed by atoms with Gasteiger partial charge in [-0.05, 0) is 47.9 Å². The van der Waals surface area contributed by atoms with Crippen molar-refractivity contribution in [3.05, 3.63) is 59.7 Å². The van der Waals surface area contributed by atoms with Crippen molar-refractivity contribution in [3.63, 3.8) is 0 Å². The highest BCUT2D eigenvalue weighted by molar-refractivity contribution is 5.90. The Hall–Kier alpha value is -3.39. The van der Waals surface area contributed by atoms with Crippen LogP contribution in [0.4, 0.5) is 4.79 Å². The highest BCUT2D eigenvalue weighted by atomic mass is 16.5. The van der Waals surface area contributed by atoms with Gasteiger partial charge in [-0.25, -0.2) is 4.79 Å². The predicted molar refractivity (Wildman–Crippen MR) is 130 cm³/mol. The van der Waals surface area contributed by atoms with E-state index in [4.69, 9.17) is 14.6 Å². The first kappa shape index (κ1) is 24.7. The summed E-state index contributed by atoms with van der Waals surface area (Å²) in [6.07, 6.45) is 0.675. The molecule has 2 N–H and O–H groups in total. The minimum absolute atomic E-state index is 0.00762. The number of rotatable bonds is 9. The van der Waals surface area contributed by atoms with E-state index >= 15 is 0 Å². The van der Waals surface area contributed by atoms with Crippen molar-refractivity contribution in [3.8, 4) is 11.1 Å². The molecule has 1 saturated heterocycles. The normalized spacial score (nSPS) is 18.5. The Bertz CT molecular complexity index is 1060. The number of aliphatic carboxylic acids is 1. The molecule has 0 saturated carbocycles. The number of carboxylic acid groups (broad SMARTS) is 1. The van der Waals surface area contributed by atoms with E-state index in [1.54, 1.807) is 11.8 Å². The van der Waals surface area contributed by atoms with Gasteiger partial charge in [0.2, 0.25) is 0 Å². The highest BCUT2D eigenvalue weighted by Crippen LogP contribution is 2.44. The molecule has 186 valence electrons. The number of carbonyl (C=O) groups excluding carboxylic acids is 2. The largest absolute Gasteiger partial charge is 0.481 e. The molecular formula is C27H32N2O6. The second-order valence-corrected chi connectivity index (χ2v) is 9.55. The van der Waals surface area contributed by atoms with Crippen LogP contribution < -0.4 is 5.32 Å². The van der Waals surface area contributed by atoms with Crippen molar-refractivity contribution in [2.24, 2.45) is 5.92 Å². The van der Waals surface area contributed by atoms with Crippen LogP contribution in [0.25, 0.3) is 11.1 Å². The summed E-state index contributed by atoms with van der Waals surface area (Å²) in [5.41, 5.74) is 3.22. The maximum absolute atomic E-state index is 13.3. The van der Waals surface area contributed by atoms with Crippen LogP contribution in [0.1, 0.15) is 43.2 Å². The number of ether oxygens (including phenoxy) is 2. The van der Waals surface area contributed by atoms with Crippen molar-refractivity contribution in [1.82, 2.24) is 10.2 Å². The zero-order valence-electron chi connectivity index (χ0n) is 20.2. The first-order chi connectivity index (χ1) is 16.8. The summed E-state index contributed by atoms with van der Waals surface area (Å²) in [5, 5.41) is 11.7. The number of nitrogens with zero attached hydrogens (tertiary/aromatic N) is 1. The third-order valence-corrected chi connectivity index (χ3v) is 6.97. The minimum atomic E-state index is -1.29. The molecule has 0 aromatic heterocycles. The average Bonchev–Trinajstić information content (AvgIpc) is 3.44. The lowest BCUT2D eigenvalue weighted by Crippen LogP contribution is -2.60. The molecule has 8 heteroatoms. The number of alkyl carbamates (subject to hydrolysis) is 1. The molecule has 2 aromatic carbocycles. The lowest BCUT2D eigenvalue weighted by Gasteiger charge is -2.32. The molecule has 2 unspecified atom stereocenters. The van der Waals surface area contributed by atoms with Gasteiger partial charge in [0.1, 0.15) is 12.1 Å². The maximum atomic E-state index is 13.3. The molecule has 0 bridgehead atoms. The van der Waals surface area contributed by atoms with E-state index in [0.29, 0.717) is 19.5 Å². The van der Waals surface area contributed by atoms with E-state index in [9.17, 15) is 14.4 Å². The van der Waals surface area contributed by atoms with Gasteiger partial charge in [0, 0.05) is 32.5 Å². The topological polar surface area (TPSA) is 105 Å². The van der Waals surface area contributed by atoms with Crippen LogP contribution in [0.5, 0.6) is 0 Å². The van der Waals surface area contributed by atoms with Gasteiger partial charge in [-0.3, -0.25) is 9.59 Å². The predicted octanol–water partition coefficient (Wildman–Crippen LogP) is 3.64. The number of amides is 2. The second kappa shape index (κ2) is 10.5. The molecule has 35 heavy (non-hydrogen) atoms. The molecule has 2 atom stereocenters. The Kier molecular flexibility index (Phi) is 7.40. The van der Waals surface area contributed by atoms with Crippen LogP contribution in [-0.2, 0) is 19.1 Å². The SMILES string of the molecule is COCC(C)(NC(=O)OCC1c2ccccc2-c2ccccc21)C(=O)N1CCC(CCC(=O)O)C1. The summed E-state index contributed by atoms with van der Waals surface area (Å²) in [6, 6.07) is 16.2. The van der Waals surface area contributed by atoms with Gasteiger partial charge >= 0.3 is 12.1 Å². The molecule has 2 aromatic rings. The van der Waals surface area contributed by atoms with Gasteiger partial charge in [0.05, 0.1) is 6.61 Å². The summed E-state index contributed by atoms with van der Waals surface area (Å²) >= 11 is 0. The number of fused-ring (bicyclic) bond motifs is 3. The lowest BCUT2D eigenvalue weighted by molar-refractivity contribution is -0.138. The standard InChI is InChI=1S/C27H32N2O6/c1-27(17-34-2,25(32)29-14-13-18(15-29)11-12-24(30)31)28-26(33)35-16-23-21-9-5-3-7-19(21)20-8-4-6-10-22(20)23/h3-10,18,23H,11-17H2,1-2H3,(H,28,33)(H,30,31). The first-order valence-electron chi connectivity index (χ1n) is 12.0. The van der Waals surface area contributed by atoms with E-state index < -0.39 is 17.6 Å². The third-order valence-electron chi connectivity index (χ3n) is 6.97. The Balaban J connectivity index is 1.39. The summed E-state index contributed by atoms with van der Waals surface area (Å²) in [6.45, 7) is 2.77. The van der Waals surface area contributed by atoms with Crippen LogP contribution in [0, 0.1) is 5.92 Å². The van der Waals surface area contributed by atoms with Crippen molar-refractivity contribution >= 4 is 18.0 Å². The number of benzene rings is 2. The van der Waals surface area contributed by atoms with Gasteiger partial charge in [-0.15, -0.1) is 0 Å². The van der Waals surface area contributed by atoms with E-state index in [0.717, 1.165) is 28.7 Å². The summed E-state index contributed by atoms with van der Waals surface area (Å²) in [4.78, 5) is 38.7. The fraction of sp³-hybridized carbons (Fsp3) is 0.444. The monoisotopic (exact) mass is 480 g/mol. The smallest absolute Gasteiger partial charge is 0.408 e. The quantitative estimate of drug-likeness (QED) is 0.568. The third kappa shape index (κ3) is 5.32. The van der Waals surface area contributed by atoms with Crippen molar-refractivity contribution in [1.29, 1.82) is 0 Å². The Labute approximate surface area is 205 Å². The van der Waals surface area contributed by atoms with Gasteiger partial charge in [-0.1, -0.05) is 48.5 Å².